The van der Waals surface area contributed by atoms with Crippen molar-refractivity contribution >= 4 is 7.82 Å². The average Bonchev–Trinajstić information content (AvgIpc) is 2.28. The van der Waals surface area contributed by atoms with Gasteiger partial charge in [-0.25, -0.2) is 4.57 Å². The summed E-state index contributed by atoms with van der Waals surface area (Å²) in [4.78, 5) is 16.9. The van der Waals surface area contributed by atoms with Gasteiger partial charge in [-0.2, -0.15) is 0 Å². The fraction of sp³-hybridized carbons (Fsp3) is 1.00. The molecule has 0 unspecified atom stereocenters. The third kappa shape index (κ3) is 3.45. The highest BCUT2D eigenvalue weighted by molar-refractivity contribution is 7.46. The quantitative estimate of drug-likeness (QED) is 0.254. The molecule has 0 bridgehead atoms. The van der Waals surface area contributed by atoms with Gasteiger partial charge in [0.2, 0.25) is 5.79 Å². The molecular formula is C7H15O10P. The van der Waals surface area contributed by atoms with Crippen LogP contribution >= 0.6 is 7.82 Å². The lowest BCUT2D eigenvalue weighted by atomic mass is 9.93. The molecule has 5 atom stereocenters. The van der Waals surface area contributed by atoms with E-state index in [0.717, 1.165) is 0 Å². The standard InChI is InChI=1S/C7H15O10P/c8-2-7(12)6(11)5(10)4(9)3(17-7)1-16-18(13,14)15/h3-6,8-12H,1-2H2,(H2,13,14,15)/t3-,4-,5+,6-,7+/m1/s1. The van der Waals surface area contributed by atoms with Crippen LogP contribution in [0.1, 0.15) is 0 Å². The first-order chi connectivity index (χ1) is 8.10. The smallest absolute Gasteiger partial charge is 0.391 e. The van der Waals surface area contributed by atoms with Crippen molar-refractivity contribution in [3.05, 3.63) is 0 Å². The predicted molar refractivity (Wildman–Crippen MR) is 52.9 cm³/mol. The van der Waals surface area contributed by atoms with Gasteiger partial charge in [-0.15, -0.1) is 0 Å². The monoisotopic (exact) mass is 290 g/mol. The largest absolute Gasteiger partial charge is 0.469 e. The highest BCUT2D eigenvalue weighted by atomic mass is 31.2. The van der Waals surface area contributed by atoms with Gasteiger partial charge in [0, 0.05) is 0 Å². The van der Waals surface area contributed by atoms with Gasteiger partial charge in [0.05, 0.1) is 13.2 Å². The Labute approximate surface area is 101 Å². The molecule has 0 spiro atoms. The molecule has 0 aromatic carbocycles. The number of phosphoric ester groups is 1. The van der Waals surface area contributed by atoms with E-state index in [1.807, 2.05) is 0 Å². The number of aliphatic hydroxyl groups is 5. The maximum Gasteiger partial charge on any atom is 0.469 e. The van der Waals surface area contributed by atoms with Gasteiger partial charge in [-0.3, -0.25) is 4.52 Å². The molecule has 0 aliphatic carbocycles. The van der Waals surface area contributed by atoms with E-state index in [9.17, 15) is 25.0 Å². The fourth-order valence-electron chi connectivity index (χ4n) is 1.51. The second-order valence-electron chi connectivity index (χ2n) is 3.87. The summed E-state index contributed by atoms with van der Waals surface area (Å²) in [5, 5.41) is 46.7. The van der Waals surface area contributed by atoms with E-state index in [4.69, 9.17) is 19.6 Å². The van der Waals surface area contributed by atoms with Gasteiger partial charge < -0.3 is 40.1 Å². The second-order valence-corrected chi connectivity index (χ2v) is 5.11. The lowest BCUT2D eigenvalue weighted by molar-refractivity contribution is -0.357. The molecule has 0 radical (unpaired) electrons. The summed E-state index contributed by atoms with van der Waals surface area (Å²) in [6.07, 6.45) is -7.14. The summed E-state index contributed by atoms with van der Waals surface area (Å²) in [6.45, 7) is -1.94. The summed E-state index contributed by atoms with van der Waals surface area (Å²) in [7, 11) is -4.82. The fourth-order valence-corrected chi connectivity index (χ4v) is 1.85. The molecule has 1 rings (SSSR count). The van der Waals surface area contributed by atoms with Gasteiger partial charge in [0.1, 0.15) is 24.4 Å². The van der Waals surface area contributed by atoms with E-state index in [1.54, 1.807) is 0 Å². The second kappa shape index (κ2) is 5.47. The molecule has 1 fully saturated rings. The minimum atomic E-state index is -4.82. The van der Waals surface area contributed by atoms with Crippen LogP contribution in [0.4, 0.5) is 0 Å². The lowest BCUT2D eigenvalue weighted by Gasteiger charge is -2.44. The van der Waals surface area contributed by atoms with E-state index in [0.29, 0.717) is 0 Å². The summed E-state index contributed by atoms with van der Waals surface area (Å²) < 4.78 is 19.2. The van der Waals surface area contributed by atoms with Crippen molar-refractivity contribution in [2.24, 2.45) is 0 Å². The molecule has 0 amide bonds. The van der Waals surface area contributed by atoms with Crippen LogP contribution in [0.3, 0.4) is 0 Å². The van der Waals surface area contributed by atoms with Crippen LogP contribution in [-0.4, -0.2) is 78.7 Å². The zero-order chi connectivity index (χ0) is 14.1. The molecule has 108 valence electrons. The van der Waals surface area contributed by atoms with E-state index in [1.165, 1.54) is 0 Å². The van der Waals surface area contributed by atoms with Gasteiger partial charge in [0.15, 0.2) is 0 Å². The first-order valence-electron chi connectivity index (χ1n) is 4.86. The van der Waals surface area contributed by atoms with Crippen molar-refractivity contribution in [1.29, 1.82) is 0 Å². The maximum absolute atomic E-state index is 10.5. The highest BCUT2D eigenvalue weighted by Gasteiger charge is 2.52. The Morgan fingerprint density at radius 3 is 2.22 bits per heavy atom. The molecule has 1 saturated heterocycles. The Bertz CT molecular complexity index is 330. The van der Waals surface area contributed by atoms with E-state index < -0.39 is 51.2 Å². The molecule has 7 N–H and O–H groups in total. The number of ether oxygens (including phenoxy) is 1. The number of aliphatic hydroxyl groups excluding tert-OH is 4. The van der Waals surface area contributed by atoms with Crippen molar-refractivity contribution in [3.8, 4) is 0 Å². The predicted octanol–water partition coefficient (Wildman–Crippen LogP) is -3.74. The van der Waals surface area contributed by atoms with Gasteiger partial charge >= 0.3 is 7.82 Å². The number of hydrogen-bond donors (Lipinski definition) is 7. The lowest BCUT2D eigenvalue weighted by Crippen LogP contribution is -2.66. The summed E-state index contributed by atoms with van der Waals surface area (Å²) in [5.41, 5.74) is 0. The van der Waals surface area contributed by atoms with E-state index in [-0.39, 0.29) is 0 Å². The van der Waals surface area contributed by atoms with E-state index in [2.05, 4.69) is 4.52 Å². The average molecular weight is 290 g/mol. The first-order valence-corrected chi connectivity index (χ1v) is 6.39. The molecular weight excluding hydrogens is 275 g/mol. The normalized spacial score (nSPS) is 41.9. The Morgan fingerprint density at radius 2 is 1.78 bits per heavy atom. The third-order valence-corrected chi connectivity index (χ3v) is 2.99. The zero-order valence-corrected chi connectivity index (χ0v) is 9.92. The minimum Gasteiger partial charge on any atom is -0.391 e. The Morgan fingerprint density at radius 1 is 1.22 bits per heavy atom. The molecule has 11 heteroatoms. The van der Waals surface area contributed by atoms with Crippen molar-refractivity contribution in [2.75, 3.05) is 13.2 Å². The molecule has 0 aromatic rings. The number of hydrogen-bond acceptors (Lipinski definition) is 8. The SMILES string of the molecule is O=P(O)(O)OC[C@H]1O[C@@](O)(CO)[C@H](O)[C@@H](O)[C@@H]1O. The molecule has 10 nitrogen and oxygen atoms in total. The molecule has 1 aliphatic rings. The molecule has 1 aliphatic heterocycles. The van der Waals surface area contributed by atoms with Crippen LogP contribution < -0.4 is 0 Å². The van der Waals surface area contributed by atoms with Crippen molar-refractivity contribution in [2.45, 2.75) is 30.2 Å². The van der Waals surface area contributed by atoms with Crippen LogP contribution in [-0.2, 0) is 13.8 Å². The van der Waals surface area contributed by atoms with Crippen molar-refractivity contribution in [3.63, 3.8) is 0 Å². The van der Waals surface area contributed by atoms with Gasteiger partial charge in [-0.1, -0.05) is 0 Å². The van der Waals surface area contributed by atoms with E-state index >= 15 is 0 Å². The first kappa shape index (κ1) is 15.9. The summed E-state index contributed by atoms with van der Waals surface area (Å²) in [6, 6.07) is 0. The molecule has 1 heterocycles. The van der Waals surface area contributed by atoms with Crippen molar-refractivity contribution in [1.82, 2.24) is 0 Å². The molecule has 0 saturated carbocycles. The summed E-state index contributed by atoms with van der Waals surface area (Å²) in [5.74, 6) is -2.55. The van der Waals surface area contributed by atoms with Crippen LogP contribution in [0.25, 0.3) is 0 Å². The molecule has 18 heavy (non-hydrogen) atoms. The summed E-state index contributed by atoms with van der Waals surface area (Å²) >= 11 is 0. The minimum absolute atomic E-state index is 0.850. The van der Waals surface area contributed by atoms with Crippen LogP contribution in [0.2, 0.25) is 0 Å². The zero-order valence-electron chi connectivity index (χ0n) is 9.03. The Kier molecular flexibility index (Phi) is 4.84. The topological polar surface area (TPSA) is 177 Å². The van der Waals surface area contributed by atoms with Crippen LogP contribution in [0.15, 0.2) is 0 Å². The number of rotatable bonds is 4. The van der Waals surface area contributed by atoms with Gasteiger partial charge in [0.25, 0.3) is 0 Å². The Hall–Kier alpha value is -0.130. The number of phosphoric acid groups is 1. The highest BCUT2D eigenvalue weighted by Crippen LogP contribution is 2.37. The third-order valence-electron chi connectivity index (χ3n) is 2.51. The Balaban J connectivity index is 2.77. The van der Waals surface area contributed by atoms with Crippen molar-refractivity contribution < 1.29 is 49.1 Å². The van der Waals surface area contributed by atoms with Crippen LogP contribution in [0.5, 0.6) is 0 Å². The molecule has 0 aromatic heterocycles. The van der Waals surface area contributed by atoms with Gasteiger partial charge in [-0.05, 0) is 0 Å². The van der Waals surface area contributed by atoms with Crippen LogP contribution in [0, 0.1) is 0 Å². The maximum atomic E-state index is 10.5.